The predicted octanol–water partition coefficient (Wildman–Crippen LogP) is 5.27. The van der Waals surface area contributed by atoms with Gasteiger partial charge in [-0.2, -0.15) is 13.2 Å². The van der Waals surface area contributed by atoms with Crippen LogP contribution in [0.2, 0.25) is 0 Å². The summed E-state index contributed by atoms with van der Waals surface area (Å²) >= 11 is 0. The van der Waals surface area contributed by atoms with Gasteiger partial charge in [-0.3, -0.25) is 9.69 Å². The maximum absolute atomic E-state index is 13.2. The van der Waals surface area contributed by atoms with Crippen molar-refractivity contribution in [3.8, 4) is 5.75 Å². The van der Waals surface area contributed by atoms with Crippen LogP contribution in [0.25, 0.3) is 0 Å². The zero-order chi connectivity index (χ0) is 20.9. The summed E-state index contributed by atoms with van der Waals surface area (Å²) in [4.78, 5) is 14.7. The largest absolute Gasteiger partial charge is 0.497 e. The van der Waals surface area contributed by atoms with E-state index < -0.39 is 17.6 Å². The summed E-state index contributed by atoms with van der Waals surface area (Å²) in [5, 5.41) is 2.45. The number of ether oxygens (including phenoxy) is 1. The SMILES string of the molecule is COc1ccc(C2CCCCCN2CC(=O)Nc2ccccc2C(F)(F)F)cc1. The van der Waals surface area contributed by atoms with Crippen molar-refractivity contribution in [2.24, 2.45) is 0 Å². The fourth-order valence-electron chi connectivity index (χ4n) is 3.77. The van der Waals surface area contributed by atoms with Crippen LogP contribution in [0.5, 0.6) is 5.75 Å². The average Bonchev–Trinajstić information content (AvgIpc) is 2.93. The summed E-state index contributed by atoms with van der Waals surface area (Å²) in [5.41, 5.74) is 0.0351. The van der Waals surface area contributed by atoms with Crippen LogP contribution in [0.15, 0.2) is 48.5 Å². The van der Waals surface area contributed by atoms with Crippen molar-refractivity contribution in [3.63, 3.8) is 0 Å². The first-order valence-corrected chi connectivity index (χ1v) is 9.72. The second-order valence-electron chi connectivity index (χ2n) is 7.20. The Morgan fingerprint density at radius 1 is 1.10 bits per heavy atom. The number of rotatable bonds is 5. The Morgan fingerprint density at radius 3 is 2.52 bits per heavy atom. The lowest BCUT2D eigenvalue weighted by molar-refractivity contribution is -0.137. The first kappa shape index (κ1) is 21.2. The zero-order valence-electron chi connectivity index (χ0n) is 16.3. The highest BCUT2D eigenvalue weighted by atomic mass is 19.4. The second-order valence-corrected chi connectivity index (χ2v) is 7.20. The number of methoxy groups -OCH3 is 1. The van der Waals surface area contributed by atoms with Gasteiger partial charge in [-0.25, -0.2) is 0 Å². The van der Waals surface area contributed by atoms with E-state index in [4.69, 9.17) is 4.74 Å². The van der Waals surface area contributed by atoms with Gasteiger partial charge in [0, 0.05) is 6.04 Å². The van der Waals surface area contributed by atoms with Crippen LogP contribution in [0.1, 0.15) is 42.9 Å². The van der Waals surface area contributed by atoms with Gasteiger partial charge >= 0.3 is 6.18 Å². The molecule has 1 N–H and O–H groups in total. The summed E-state index contributed by atoms with van der Waals surface area (Å²) in [5.74, 6) is 0.317. The number of nitrogens with zero attached hydrogens (tertiary/aromatic N) is 1. The smallest absolute Gasteiger partial charge is 0.418 e. The first-order chi connectivity index (χ1) is 13.9. The van der Waals surface area contributed by atoms with E-state index >= 15 is 0 Å². The molecule has 1 amide bonds. The van der Waals surface area contributed by atoms with Crippen molar-refractivity contribution in [3.05, 3.63) is 59.7 Å². The number of anilines is 1. The molecule has 0 aromatic heterocycles. The lowest BCUT2D eigenvalue weighted by Crippen LogP contribution is -2.36. The van der Waals surface area contributed by atoms with Gasteiger partial charge < -0.3 is 10.1 Å². The molecule has 1 fully saturated rings. The number of alkyl halides is 3. The molecular formula is C22H25F3N2O2. The lowest BCUT2D eigenvalue weighted by Gasteiger charge is -2.30. The summed E-state index contributed by atoms with van der Waals surface area (Å²) < 4.78 is 44.8. The topological polar surface area (TPSA) is 41.6 Å². The van der Waals surface area contributed by atoms with Crippen molar-refractivity contribution < 1.29 is 22.7 Å². The van der Waals surface area contributed by atoms with Crippen LogP contribution in [-0.2, 0) is 11.0 Å². The minimum absolute atomic E-state index is 0.0445. The van der Waals surface area contributed by atoms with E-state index in [2.05, 4.69) is 10.2 Å². The maximum Gasteiger partial charge on any atom is 0.418 e. The molecule has 4 nitrogen and oxygen atoms in total. The van der Waals surface area contributed by atoms with Crippen molar-refractivity contribution in [1.29, 1.82) is 0 Å². The van der Waals surface area contributed by atoms with E-state index in [0.29, 0.717) is 0 Å². The van der Waals surface area contributed by atoms with Gasteiger partial charge in [0.15, 0.2) is 0 Å². The van der Waals surface area contributed by atoms with Gasteiger partial charge in [-0.1, -0.05) is 37.1 Å². The molecule has 1 saturated heterocycles. The maximum atomic E-state index is 13.2. The Labute approximate surface area is 168 Å². The van der Waals surface area contributed by atoms with Gasteiger partial charge in [-0.15, -0.1) is 0 Å². The Balaban J connectivity index is 1.75. The summed E-state index contributed by atoms with van der Waals surface area (Å²) in [6.45, 7) is 0.772. The standard InChI is InChI=1S/C22H25F3N2O2/c1-29-17-12-10-16(11-13-17)20-9-3-2-6-14-27(20)15-21(28)26-19-8-5-4-7-18(19)22(23,24)25/h4-5,7-8,10-13,20H,2-3,6,9,14-15H2,1H3,(H,26,28). The lowest BCUT2D eigenvalue weighted by atomic mass is 10.0. The van der Waals surface area contributed by atoms with Crippen LogP contribution < -0.4 is 10.1 Å². The highest BCUT2D eigenvalue weighted by Gasteiger charge is 2.34. The molecule has 2 aromatic rings. The van der Waals surface area contributed by atoms with E-state index in [0.717, 1.165) is 49.6 Å². The molecule has 1 atom stereocenters. The van der Waals surface area contributed by atoms with Crippen molar-refractivity contribution in [1.82, 2.24) is 4.90 Å². The van der Waals surface area contributed by atoms with Crippen LogP contribution in [0.3, 0.4) is 0 Å². The number of para-hydroxylation sites is 1. The van der Waals surface area contributed by atoms with Crippen molar-refractivity contribution >= 4 is 11.6 Å². The third-order valence-electron chi connectivity index (χ3n) is 5.22. The zero-order valence-corrected chi connectivity index (χ0v) is 16.3. The van der Waals surface area contributed by atoms with Crippen LogP contribution in [0, 0.1) is 0 Å². The fourth-order valence-corrected chi connectivity index (χ4v) is 3.77. The Bertz CT molecular complexity index is 822. The third-order valence-corrected chi connectivity index (χ3v) is 5.22. The van der Waals surface area contributed by atoms with Crippen molar-refractivity contribution in [2.75, 3.05) is 25.5 Å². The Kier molecular flexibility index (Phi) is 6.79. The number of benzene rings is 2. The number of carbonyl (C=O) groups excluding carboxylic acids is 1. The molecule has 1 aliphatic heterocycles. The molecule has 2 aromatic carbocycles. The molecule has 29 heavy (non-hydrogen) atoms. The molecule has 1 unspecified atom stereocenters. The quantitative estimate of drug-likeness (QED) is 0.736. The summed E-state index contributed by atoms with van der Waals surface area (Å²) in [6, 6.07) is 12.8. The molecular weight excluding hydrogens is 381 g/mol. The molecule has 3 rings (SSSR count). The number of nitrogens with one attached hydrogen (secondary N) is 1. The van der Waals surface area contributed by atoms with Gasteiger partial charge in [0.2, 0.25) is 5.91 Å². The van der Waals surface area contributed by atoms with Crippen LogP contribution in [0.4, 0.5) is 18.9 Å². The molecule has 0 aliphatic carbocycles. The molecule has 0 saturated carbocycles. The molecule has 0 bridgehead atoms. The van der Waals surface area contributed by atoms with E-state index in [1.165, 1.54) is 18.2 Å². The minimum atomic E-state index is -4.52. The first-order valence-electron chi connectivity index (χ1n) is 9.72. The molecule has 7 heteroatoms. The number of halogens is 3. The van der Waals surface area contributed by atoms with E-state index in [1.54, 1.807) is 7.11 Å². The fraction of sp³-hybridized carbons (Fsp3) is 0.409. The number of amides is 1. The number of hydrogen-bond donors (Lipinski definition) is 1. The second kappa shape index (κ2) is 9.31. The van der Waals surface area contributed by atoms with Gasteiger partial charge in [0.1, 0.15) is 5.75 Å². The van der Waals surface area contributed by atoms with E-state index in [9.17, 15) is 18.0 Å². The summed E-state index contributed by atoms with van der Waals surface area (Å²) in [7, 11) is 1.61. The minimum Gasteiger partial charge on any atom is -0.497 e. The third kappa shape index (κ3) is 5.50. The Morgan fingerprint density at radius 2 is 1.83 bits per heavy atom. The highest BCUT2D eigenvalue weighted by Crippen LogP contribution is 2.35. The Hall–Kier alpha value is -2.54. The van der Waals surface area contributed by atoms with E-state index in [1.807, 2.05) is 24.3 Å². The molecule has 156 valence electrons. The van der Waals surface area contributed by atoms with Gasteiger partial charge in [0.05, 0.1) is 24.9 Å². The monoisotopic (exact) mass is 406 g/mol. The molecule has 1 aliphatic rings. The molecule has 1 heterocycles. The van der Waals surface area contributed by atoms with Crippen LogP contribution in [-0.4, -0.2) is 31.0 Å². The normalized spacial score (nSPS) is 18.1. The van der Waals surface area contributed by atoms with Gasteiger partial charge in [-0.05, 0) is 49.2 Å². The van der Waals surface area contributed by atoms with Crippen molar-refractivity contribution in [2.45, 2.75) is 37.9 Å². The number of likely N-dealkylation sites (tertiary alicyclic amines) is 1. The average molecular weight is 406 g/mol. The van der Waals surface area contributed by atoms with E-state index in [-0.39, 0.29) is 18.3 Å². The summed E-state index contributed by atoms with van der Waals surface area (Å²) in [6.07, 6.45) is -0.538. The number of carbonyl (C=O) groups is 1. The highest BCUT2D eigenvalue weighted by molar-refractivity contribution is 5.93. The number of hydrogen-bond acceptors (Lipinski definition) is 3. The molecule has 0 radical (unpaired) electrons. The van der Waals surface area contributed by atoms with Crippen LogP contribution >= 0.6 is 0 Å². The predicted molar refractivity (Wildman–Crippen MR) is 106 cm³/mol. The van der Waals surface area contributed by atoms with Gasteiger partial charge in [0.25, 0.3) is 0 Å². The molecule has 0 spiro atoms.